The average molecular weight is 503 g/mol. The molecule has 0 bridgehead atoms. The molecule has 0 radical (unpaired) electrons. The molecule has 37 heavy (non-hydrogen) atoms. The lowest BCUT2D eigenvalue weighted by atomic mass is 9.86. The lowest BCUT2D eigenvalue weighted by molar-refractivity contribution is -0.141. The van der Waals surface area contributed by atoms with Gasteiger partial charge in [-0.2, -0.15) is 0 Å². The molecule has 3 aromatic carbocycles. The van der Waals surface area contributed by atoms with Gasteiger partial charge >= 0.3 is 0 Å². The maximum Gasteiger partial charge on any atom is 0.243 e. The lowest BCUT2D eigenvalue weighted by Crippen LogP contribution is -2.50. The second-order valence-corrected chi connectivity index (χ2v) is 10.6. The number of amides is 2. The third-order valence-corrected chi connectivity index (χ3v) is 6.57. The Balaban J connectivity index is 1.87. The van der Waals surface area contributed by atoms with Crippen LogP contribution in [-0.2, 0) is 34.4 Å². The number of benzene rings is 3. The third-order valence-electron chi connectivity index (χ3n) is 6.57. The van der Waals surface area contributed by atoms with Gasteiger partial charge in [-0.25, -0.2) is 4.39 Å². The third kappa shape index (κ3) is 8.28. The van der Waals surface area contributed by atoms with Gasteiger partial charge in [0.2, 0.25) is 11.8 Å². The smallest absolute Gasteiger partial charge is 0.243 e. The highest BCUT2D eigenvalue weighted by Gasteiger charge is 2.30. The van der Waals surface area contributed by atoms with Crippen LogP contribution in [0.1, 0.15) is 62.8 Å². The molecule has 1 N–H and O–H groups in total. The van der Waals surface area contributed by atoms with Gasteiger partial charge in [0.25, 0.3) is 0 Å². The van der Waals surface area contributed by atoms with Gasteiger partial charge < -0.3 is 10.2 Å². The van der Waals surface area contributed by atoms with Crippen molar-refractivity contribution in [3.8, 4) is 0 Å². The topological polar surface area (TPSA) is 49.4 Å². The van der Waals surface area contributed by atoms with E-state index in [0.717, 1.165) is 17.5 Å². The maximum atomic E-state index is 14.7. The number of aryl methyl sites for hydroxylation is 1. The van der Waals surface area contributed by atoms with Crippen LogP contribution >= 0.6 is 0 Å². The normalized spacial score (nSPS) is 12.1. The van der Waals surface area contributed by atoms with Crippen LogP contribution in [0, 0.1) is 5.82 Å². The van der Waals surface area contributed by atoms with Crippen molar-refractivity contribution in [2.75, 3.05) is 6.54 Å². The Bertz CT molecular complexity index is 1150. The molecular formula is C32H39FN2O2. The summed E-state index contributed by atoms with van der Waals surface area (Å²) in [5.41, 5.74) is 3.69. The average Bonchev–Trinajstić information content (AvgIpc) is 2.89. The molecular weight excluding hydrogens is 463 g/mol. The summed E-state index contributed by atoms with van der Waals surface area (Å²) in [6.45, 7) is 9.05. The summed E-state index contributed by atoms with van der Waals surface area (Å²) in [6.07, 6.45) is 1.92. The van der Waals surface area contributed by atoms with E-state index in [4.69, 9.17) is 0 Å². The number of hydrogen-bond acceptors (Lipinski definition) is 2. The van der Waals surface area contributed by atoms with Crippen molar-refractivity contribution in [3.05, 3.63) is 107 Å². The standard InChI is InChI=1S/C32H39FN2O2/c1-5-21-34-31(37)29(22-25-11-7-6-8-12-25)35(23-26-13-9-10-14-28(26)33)30(36)20-17-24-15-18-27(19-16-24)32(2,3)4/h6-16,18-19,29H,5,17,20-23H2,1-4H3,(H,34,37). The minimum atomic E-state index is -0.746. The van der Waals surface area contributed by atoms with E-state index in [1.807, 2.05) is 37.3 Å². The van der Waals surface area contributed by atoms with E-state index in [1.54, 1.807) is 23.1 Å². The zero-order chi connectivity index (χ0) is 26.8. The molecule has 0 heterocycles. The van der Waals surface area contributed by atoms with Crippen molar-refractivity contribution in [2.24, 2.45) is 0 Å². The zero-order valence-corrected chi connectivity index (χ0v) is 22.5. The molecule has 0 fully saturated rings. The maximum absolute atomic E-state index is 14.7. The lowest BCUT2D eigenvalue weighted by Gasteiger charge is -2.32. The summed E-state index contributed by atoms with van der Waals surface area (Å²) in [4.78, 5) is 28.6. The molecule has 1 unspecified atom stereocenters. The predicted octanol–water partition coefficient (Wildman–Crippen LogP) is 6.22. The first-order valence-electron chi connectivity index (χ1n) is 13.1. The van der Waals surface area contributed by atoms with Gasteiger partial charge in [-0.3, -0.25) is 9.59 Å². The van der Waals surface area contributed by atoms with Gasteiger partial charge in [0.15, 0.2) is 0 Å². The van der Waals surface area contributed by atoms with Gasteiger partial charge in [0.1, 0.15) is 11.9 Å². The van der Waals surface area contributed by atoms with E-state index in [9.17, 15) is 14.0 Å². The van der Waals surface area contributed by atoms with Crippen molar-refractivity contribution in [1.29, 1.82) is 0 Å². The highest BCUT2D eigenvalue weighted by molar-refractivity contribution is 5.88. The van der Waals surface area contributed by atoms with Gasteiger partial charge in [0, 0.05) is 31.5 Å². The first-order valence-corrected chi connectivity index (χ1v) is 13.1. The SMILES string of the molecule is CCCNC(=O)C(Cc1ccccc1)N(Cc1ccccc1F)C(=O)CCc1ccc(C(C)(C)C)cc1. The van der Waals surface area contributed by atoms with Gasteiger partial charge in [-0.1, -0.05) is 100 Å². The molecule has 0 saturated heterocycles. The van der Waals surface area contributed by atoms with Crippen LogP contribution in [0.15, 0.2) is 78.9 Å². The van der Waals surface area contributed by atoms with Crippen molar-refractivity contribution < 1.29 is 14.0 Å². The number of hydrogen-bond donors (Lipinski definition) is 1. The van der Waals surface area contributed by atoms with Crippen molar-refractivity contribution in [1.82, 2.24) is 10.2 Å². The Morgan fingerprint density at radius 1 is 0.892 bits per heavy atom. The van der Waals surface area contributed by atoms with Crippen LogP contribution in [0.4, 0.5) is 4.39 Å². The highest BCUT2D eigenvalue weighted by Crippen LogP contribution is 2.23. The van der Waals surface area contributed by atoms with E-state index < -0.39 is 6.04 Å². The summed E-state index contributed by atoms with van der Waals surface area (Å²) in [5.74, 6) is -0.772. The number of carbonyl (C=O) groups is 2. The predicted molar refractivity (Wildman–Crippen MR) is 148 cm³/mol. The first-order chi connectivity index (χ1) is 17.7. The summed E-state index contributed by atoms with van der Waals surface area (Å²) >= 11 is 0. The van der Waals surface area contributed by atoms with Crippen LogP contribution in [0.2, 0.25) is 0 Å². The van der Waals surface area contributed by atoms with Gasteiger partial charge in [0.05, 0.1) is 0 Å². The van der Waals surface area contributed by atoms with Crippen molar-refractivity contribution >= 4 is 11.8 Å². The largest absolute Gasteiger partial charge is 0.354 e. The minimum absolute atomic E-state index is 0.0332. The number of nitrogens with one attached hydrogen (secondary N) is 1. The Labute approximate surface area is 220 Å². The molecule has 0 saturated carbocycles. The molecule has 0 aliphatic heterocycles. The van der Waals surface area contributed by atoms with E-state index in [1.165, 1.54) is 11.6 Å². The fourth-order valence-electron chi connectivity index (χ4n) is 4.30. The van der Waals surface area contributed by atoms with Gasteiger partial charge in [-0.05, 0) is 41.0 Å². The highest BCUT2D eigenvalue weighted by atomic mass is 19.1. The summed E-state index contributed by atoms with van der Waals surface area (Å²) in [5, 5.41) is 2.96. The molecule has 0 spiro atoms. The number of carbonyl (C=O) groups excluding carboxylic acids is 2. The fraction of sp³-hybridized carbons (Fsp3) is 0.375. The zero-order valence-electron chi connectivity index (χ0n) is 22.5. The molecule has 2 amide bonds. The molecule has 3 aromatic rings. The van der Waals surface area contributed by atoms with E-state index in [2.05, 4.69) is 50.4 Å². The van der Waals surface area contributed by atoms with Crippen LogP contribution in [-0.4, -0.2) is 29.3 Å². The molecule has 0 aromatic heterocycles. The minimum Gasteiger partial charge on any atom is -0.354 e. The summed E-state index contributed by atoms with van der Waals surface area (Å²) in [7, 11) is 0. The van der Waals surface area contributed by atoms with E-state index in [-0.39, 0.29) is 36.0 Å². The Morgan fingerprint density at radius 2 is 1.54 bits per heavy atom. The number of halogens is 1. The van der Waals surface area contributed by atoms with Crippen LogP contribution in [0.25, 0.3) is 0 Å². The molecule has 0 aliphatic rings. The molecule has 196 valence electrons. The monoisotopic (exact) mass is 502 g/mol. The Hall–Kier alpha value is -3.47. The van der Waals surface area contributed by atoms with Crippen LogP contribution in [0.5, 0.6) is 0 Å². The molecule has 0 aliphatic carbocycles. The molecule has 3 rings (SSSR count). The summed E-state index contributed by atoms with van der Waals surface area (Å²) < 4.78 is 14.7. The van der Waals surface area contributed by atoms with Crippen molar-refractivity contribution in [3.63, 3.8) is 0 Å². The van der Waals surface area contributed by atoms with Crippen LogP contribution in [0.3, 0.4) is 0 Å². The second-order valence-electron chi connectivity index (χ2n) is 10.6. The Morgan fingerprint density at radius 3 is 2.16 bits per heavy atom. The first kappa shape index (κ1) is 28.1. The summed E-state index contributed by atoms with van der Waals surface area (Å²) in [6, 6.07) is 23.7. The van der Waals surface area contributed by atoms with Crippen molar-refractivity contribution in [2.45, 2.75) is 71.4 Å². The molecule has 1 atom stereocenters. The second kappa shape index (κ2) is 13.2. The van der Waals surface area contributed by atoms with E-state index >= 15 is 0 Å². The number of nitrogens with zero attached hydrogens (tertiary/aromatic N) is 1. The molecule has 4 nitrogen and oxygen atoms in total. The number of rotatable bonds is 11. The van der Waals surface area contributed by atoms with E-state index in [0.29, 0.717) is 24.9 Å². The fourth-order valence-corrected chi connectivity index (χ4v) is 4.30. The quantitative estimate of drug-likeness (QED) is 0.338. The Kier molecular flexibility index (Phi) is 10.0. The van der Waals surface area contributed by atoms with Crippen LogP contribution < -0.4 is 5.32 Å². The van der Waals surface area contributed by atoms with Gasteiger partial charge in [-0.15, -0.1) is 0 Å². The molecule has 5 heteroatoms.